The number of carboxylic acid groups (broad SMARTS) is 1. The van der Waals surface area contributed by atoms with Crippen molar-refractivity contribution in [3.63, 3.8) is 0 Å². The van der Waals surface area contributed by atoms with E-state index >= 15 is 0 Å². The molecule has 4 nitrogen and oxygen atoms in total. The molecule has 0 aliphatic carbocycles. The first kappa shape index (κ1) is 11.8. The van der Waals surface area contributed by atoms with Crippen LogP contribution in [0, 0.1) is 0 Å². The molecular formula is C9H14O4. The van der Waals surface area contributed by atoms with Crippen LogP contribution in [0.3, 0.4) is 0 Å². The monoisotopic (exact) mass is 186 g/mol. The molecule has 0 aliphatic rings. The van der Waals surface area contributed by atoms with E-state index < -0.39 is 11.8 Å². The predicted molar refractivity (Wildman–Crippen MR) is 47.5 cm³/mol. The number of ketones is 1. The van der Waals surface area contributed by atoms with Gasteiger partial charge in [-0.15, -0.1) is 0 Å². The minimum Gasteiger partial charge on any atom is -0.478 e. The number of Topliss-reactive ketones (excluding diaryl/α,β-unsaturated/α-hetero) is 1. The largest absolute Gasteiger partial charge is 0.478 e. The van der Waals surface area contributed by atoms with Gasteiger partial charge in [0.15, 0.2) is 5.78 Å². The highest BCUT2D eigenvalue weighted by Crippen LogP contribution is 1.97. The second-order valence-electron chi connectivity index (χ2n) is 2.57. The standard InChI is InChI=1S/C9H14O4/c1-3-5-13-6-4-8(10)7(2)9(11)12/h2-6H2,1H3,(H,11,12). The highest BCUT2D eigenvalue weighted by molar-refractivity contribution is 6.15. The molecule has 0 amide bonds. The third-order valence-electron chi connectivity index (χ3n) is 1.42. The lowest BCUT2D eigenvalue weighted by Gasteiger charge is -2.01. The number of hydrogen-bond acceptors (Lipinski definition) is 3. The minimum absolute atomic E-state index is 0.0884. The smallest absolute Gasteiger partial charge is 0.338 e. The molecule has 1 N–H and O–H groups in total. The lowest BCUT2D eigenvalue weighted by Crippen LogP contribution is -2.13. The maximum atomic E-state index is 11.0. The van der Waals surface area contributed by atoms with Gasteiger partial charge in [0.2, 0.25) is 0 Å². The summed E-state index contributed by atoms with van der Waals surface area (Å²) in [6, 6.07) is 0. The van der Waals surface area contributed by atoms with Crippen LogP contribution in [0.4, 0.5) is 0 Å². The highest BCUT2D eigenvalue weighted by atomic mass is 16.5. The van der Waals surface area contributed by atoms with Crippen molar-refractivity contribution in [2.24, 2.45) is 0 Å². The molecule has 0 radical (unpaired) electrons. The molecule has 0 saturated carbocycles. The summed E-state index contributed by atoms with van der Waals surface area (Å²) in [5.74, 6) is -1.73. The summed E-state index contributed by atoms with van der Waals surface area (Å²) in [7, 11) is 0. The Labute approximate surface area is 77.2 Å². The van der Waals surface area contributed by atoms with Gasteiger partial charge < -0.3 is 9.84 Å². The molecule has 0 unspecified atom stereocenters. The molecule has 13 heavy (non-hydrogen) atoms. The molecule has 0 rings (SSSR count). The first-order valence-corrected chi connectivity index (χ1v) is 4.12. The lowest BCUT2D eigenvalue weighted by atomic mass is 10.1. The third kappa shape index (κ3) is 5.14. The van der Waals surface area contributed by atoms with E-state index in [1.807, 2.05) is 6.92 Å². The number of rotatable bonds is 7. The van der Waals surface area contributed by atoms with Crippen molar-refractivity contribution in [2.45, 2.75) is 19.8 Å². The van der Waals surface area contributed by atoms with E-state index in [1.165, 1.54) is 0 Å². The molecule has 0 atom stereocenters. The van der Waals surface area contributed by atoms with Gasteiger partial charge in [0, 0.05) is 13.0 Å². The van der Waals surface area contributed by atoms with Crippen LogP contribution < -0.4 is 0 Å². The van der Waals surface area contributed by atoms with Crippen molar-refractivity contribution in [3.8, 4) is 0 Å². The van der Waals surface area contributed by atoms with Gasteiger partial charge in [0.25, 0.3) is 0 Å². The first-order chi connectivity index (χ1) is 6.09. The zero-order valence-corrected chi connectivity index (χ0v) is 7.71. The van der Waals surface area contributed by atoms with E-state index in [1.54, 1.807) is 0 Å². The molecule has 0 aliphatic heterocycles. The van der Waals surface area contributed by atoms with E-state index in [2.05, 4.69) is 6.58 Å². The number of ether oxygens (including phenoxy) is 1. The van der Waals surface area contributed by atoms with Crippen molar-refractivity contribution in [3.05, 3.63) is 12.2 Å². The van der Waals surface area contributed by atoms with Gasteiger partial charge in [0.1, 0.15) is 0 Å². The number of carbonyl (C=O) groups excluding carboxylic acids is 1. The van der Waals surface area contributed by atoms with Crippen molar-refractivity contribution in [1.29, 1.82) is 0 Å². The van der Waals surface area contributed by atoms with Crippen LogP contribution in [-0.2, 0) is 14.3 Å². The third-order valence-corrected chi connectivity index (χ3v) is 1.42. The van der Waals surface area contributed by atoms with E-state index in [4.69, 9.17) is 9.84 Å². The molecule has 0 heterocycles. The molecule has 74 valence electrons. The van der Waals surface area contributed by atoms with E-state index in [0.717, 1.165) is 6.42 Å². The Morgan fingerprint density at radius 2 is 2.00 bits per heavy atom. The van der Waals surface area contributed by atoms with Crippen LogP contribution in [0.5, 0.6) is 0 Å². The second-order valence-corrected chi connectivity index (χ2v) is 2.57. The molecule has 4 heteroatoms. The van der Waals surface area contributed by atoms with Crippen LogP contribution >= 0.6 is 0 Å². The van der Waals surface area contributed by atoms with Gasteiger partial charge in [-0.1, -0.05) is 13.5 Å². The Balaban J connectivity index is 3.63. The maximum Gasteiger partial charge on any atom is 0.338 e. The zero-order valence-electron chi connectivity index (χ0n) is 7.71. The van der Waals surface area contributed by atoms with Crippen molar-refractivity contribution in [1.82, 2.24) is 0 Å². The number of carboxylic acids is 1. The fourth-order valence-electron chi connectivity index (χ4n) is 0.681. The molecular weight excluding hydrogens is 172 g/mol. The number of hydrogen-bond donors (Lipinski definition) is 1. The van der Waals surface area contributed by atoms with Crippen LogP contribution in [0.2, 0.25) is 0 Å². The van der Waals surface area contributed by atoms with Gasteiger partial charge in [-0.25, -0.2) is 4.79 Å². The average molecular weight is 186 g/mol. The molecule has 0 bridgehead atoms. The van der Waals surface area contributed by atoms with Crippen LogP contribution in [0.15, 0.2) is 12.2 Å². The van der Waals surface area contributed by atoms with Gasteiger partial charge in [-0.2, -0.15) is 0 Å². The molecule has 0 aromatic carbocycles. The Morgan fingerprint density at radius 1 is 1.38 bits per heavy atom. The lowest BCUT2D eigenvalue weighted by molar-refractivity contribution is -0.134. The van der Waals surface area contributed by atoms with Crippen molar-refractivity contribution >= 4 is 11.8 Å². The topological polar surface area (TPSA) is 63.6 Å². The summed E-state index contributed by atoms with van der Waals surface area (Å²) in [5.41, 5.74) is -0.375. The van der Waals surface area contributed by atoms with Crippen molar-refractivity contribution < 1.29 is 19.4 Å². The fraction of sp³-hybridized carbons (Fsp3) is 0.556. The molecule has 0 saturated heterocycles. The van der Waals surface area contributed by atoms with Crippen LogP contribution in [0.1, 0.15) is 19.8 Å². The maximum absolute atomic E-state index is 11.0. The zero-order chi connectivity index (χ0) is 10.3. The molecule has 0 aromatic rings. The summed E-state index contributed by atoms with van der Waals surface area (Å²) in [4.78, 5) is 21.3. The number of carbonyl (C=O) groups is 2. The normalized spacial score (nSPS) is 9.62. The Morgan fingerprint density at radius 3 is 2.46 bits per heavy atom. The first-order valence-electron chi connectivity index (χ1n) is 4.12. The minimum atomic E-state index is -1.26. The van der Waals surface area contributed by atoms with E-state index in [9.17, 15) is 9.59 Å². The second kappa shape index (κ2) is 6.37. The summed E-state index contributed by atoms with van der Waals surface area (Å²) >= 11 is 0. The van der Waals surface area contributed by atoms with Crippen LogP contribution in [-0.4, -0.2) is 30.1 Å². The van der Waals surface area contributed by atoms with Gasteiger partial charge in [0.05, 0.1) is 12.2 Å². The summed E-state index contributed by atoms with van der Waals surface area (Å²) < 4.78 is 5.03. The Hall–Kier alpha value is -1.16. The molecule has 0 spiro atoms. The van der Waals surface area contributed by atoms with E-state index in [0.29, 0.717) is 6.61 Å². The Kier molecular flexibility index (Phi) is 5.80. The average Bonchev–Trinajstić information content (AvgIpc) is 2.10. The van der Waals surface area contributed by atoms with Gasteiger partial charge >= 0.3 is 5.97 Å². The summed E-state index contributed by atoms with van der Waals surface area (Å²) in [6.07, 6.45) is 0.971. The quantitative estimate of drug-likeness (QED) is 0.279. The SMILES string of the molecule is C=C(C(=O)O)C(=O)CCOCCC. The predicted octanol–water partition coefficient (Wildman–Crippen LogP) is 1.01. The number of aliphatic carboxylic acids is 1. The van der Waals surface area contributed by atoms with Crippen molar-refractivity contribution in [2.75, 3.05) is 13.2 Å². The van der Waals surface area contributed by atoms with Crippen LogP contribution in [0.25, 0.3) is 0 Å². The summed E-state index contributed by atoms with van der Waals surface area (Å²) in [6.45, 7) is 5.96. The van der Waals surface area contributed by atoms with Gasteiger partial charge in [-0.05, 0) is 6.42 Å². The fourth-order valence-corrected chi connectivity index (χ4v) is 0.681. The van der Waals surface area contributed by atoms with E-state index in [-0.39, 0.29) is 18.6 Å². The van der Waals surface area contributed by atoms with Gasteiger partial charge in [-0.3, -0.25) is 4.79 Å². The summed E-state index contributed by atoms with van der Waals surface area (Å²) in [5, 5.41) is 8.39. The Bertz CT molecular complexity index is 208. The molecule has 0 fully saturated rings. The highest BCUT2D eigenvalue weighted by Gasteiger charge is 2.13. The molecule has 0 aromatic heterocycles.